The van der Waals surface area contributed by atoms with Crippen LogP contribution in [0.5, 0.6) is 0 Å². The molecule has 0 fully saturated rings. The normalized spacial score (nSPS) is 11.7. The molecular weight excluding hydrogens is 308 g/mol. The topological polar surface area (TPSA) is 61.9 Å². The molecule has 0 radical (unpaired) electrons. The van der Waals surface area contributed by atoms with Gasteiger partial charge in [-0.05, 0) is 26.0 Å². The third kappa shape index (κ3) is 4.36. The zero-order valence-corrected chi connectivity index (χ0v) is 14.2. The van der Waals surface area contributed by atoms with Gasteiger partial charge in [-0.2, -0.15) is 5.26 Å². The van der Waals surface area contributed by atoms with Gasteiger partial charge in [0.25, 0.3) is 0 Å². The molecule has 23 heavy (non-hydrogen) atoms. The quantitative estimate of drug-likeness (QED) is 0.731. The number of para-hydroxylation sites is 1. The van der Waals surface area contributed by atoms with Gasteiger partial charge in [-0.1, -0.05) is 30.0 Å². The Morgan fingerprint density at radius 2 is 2.17 bits per heavy atom. The molecule has 1 unspecified atom stereocenters. The van der Waals surface area contributed by atoms with Gasteiger partial charge in [0.05, 0.1) is 17.7 Å². The molecule has 5 nitrogen and oxygen atoms in total. The van der Waals surface area contributed by atoms with Gasteiger partial charge in [0, 0.05) is 31.2 Å². The van der Waals surface area contributed by atoms with Gasteiger partial charge in [-0.15, -0.1) is 0 Å². The second-order valence-electron chi connectivity index (χ2n) is 4.99. The van der Waals surface area contributed by atoms with E-state index in [4.69, 9.17) is 5.26 Å². The van der Waals surface area contributed by atoms with Crippen LogP contribution in [0, 0.1) is 11.3 Å². The zero-order chi connectivity index (χ0) is 16.7. The van der Waals surface area contributed by atoms with Gasteiger partial charge in [0.2, 0.25) is 5.91 Å². The number of imidazole rings is 1. The first-order valence-corrected chi connectivity index (χ1v) is 8.46. The van der Waals surface area contributed by atoms with E-state index in [0.29, 0.717) is 13.0 Å². The summed E-state index contributed by atoms with van der Waals surface area (Å²) in [6.07, 6.45) is 3.96. The molecule has 1 aromatic carbocycles. The predicted octanol–water partition coefficient (Wildman–Crippen LogP) is 3.33. The number of thioether (sulfide) groups is 1. The van der Waals surface area contributed by atoms with Crippen molar-refractivity contribution in [1.82, 2.24) is 9.55 Å². The van der Waals surface area contributed by atoms with Gasteiger partial charge < -0.3 is 9.47 Å². The average molecular weight is 328 g/mol. The Morgan fingerprint density at radius 1 is 1.43 bits per heavy atom. The van der Waals surface area contributed by atoms with Crippen LogP contribution in [0.15, 0.2) is 47.9 Å². The van der Waals surface area contributed by atoms with Crippen LogP contribution in [0.3, 0.4) is 0 Å². The predicted molar refractivity (Wildman–Crippen MR) is 92.2 cm³/mol. The van der Waals surface area contributed by atoms with Crippen molar-refractivity contribution in [3.8, 4) is 6.07 Å². The third-order valence-electron chi connectivity index (χ3n) is 3.43. The fourth-order valence-corrected chi connectivity index (χ4v) is 3.21. The number of hydrogen-bond acceptors (Lipinski definition) is 4. The summed E-state index contributed by atoms with van der Waals surface area (Å²) in [5.41, 5.74) is 0.819. The van der Waals surface area contributed by atoms with E-state index in [-0.39, 0.29) is 11.2 Å². The standard InChI is InChI=1S/C17H20N4OS/c1-3-20-13-11-19-17(20)23-14(2)16(22)21(12-7-10-18)15-8-5-4-6-9-15/h4-6,8-9,11,13-14H,3,7,12H2,1-2H3. The number of hydrogen-bond donors (Lipinski definition) is 0. The van der Waals surface area contributed by atoms with Crippen LogP contribution in [-0.4, -0.2) is 27.3 Å². The van der Waals surface area contributed by atoms with E-state index in [1.165, 1.54) is 11.8 Å². The molecule has 0 bridgehead atoms. The fourth-order valence-electron chi connectivity index (χ4n) is 2.22. The van der Waals surface area contributed by atoms with Crippen molar-refractivity contribution in [1.29, 1.82) is 5.26 Å². The summed E-state index contributed by atoms with van der Waals surface area (Å²) in [6, 6.07) is 11.6. The van der Waals surface area contributed by atoms with Gasteiger partial charge >= 0.3 is 0 Å². The number of carbonyl (C=O) groups is 1. The Labute approximate surface area is 140 Å². The van der Waals surface area contributed by atoms with Gasteiger partial charge in [-0.3, -0.25) is 4.79 Å². The summed E-state index contributed by atoms with van der Waals surface area (Å²) in [6.45, 7) is 5.14. The van der Waals surface area contributed by atoms with Crippen LogP contribution in [0.4, 0.5) is 5.69 Å². The summed E-state index contributed by atoms with van der Waals surface area (Å²) in [5.74, 6) is -0.0119. The molecule has 1 heterocycles. The van der Waals surface area contributed by atoms with Crippen molar-refractivity contribution in [3.05, 3.63) is 42.7 Å². The number of aryl methyl sites for hydroxylation is 1. The number of benzene rings is 1. The highest BCUT2D eigenvalue weighted by Gasteiger charge is 2.24. The van der Waals surface area contributed by atoms with Crippen molar-refractivity contribution >= 4 is 23.4 Å². The maximum absolute atomic E-state index is 12.8. The Kier molecular flexibility index (Phi) is 6.24. The molecule has 1 atom stereocenters. The highest BCUT2D eigenvalue weighted by molar-refractivity contribution is 8.00. The SMILES string of the molecule is CCn1ccnc1SC(C)C(=O)N(CCC#N)c1ccccc1. The molecule has 0 aliphatic carbocycles. The first-order chi connectivity index (χ1) is 11.2. The van der Waals surface area contributed by atoms with E-state index in [9.17, 15) is 4.79 Å². The number of carbonyl (C=O) groups excluding carboxylic acids is 1. The van der Waals surface area contributed by atoms with Crippen LogP contribution < -0.4 is 4.90 Å². The first-order valence-electron chi connectivity index (χ1n) is 7.58. The zero-order valence-electron chi connectivity index (χ0n) is 13.3. The van der Waals surface area contributed by atoms with E-state index in [0.717, 1.165) is 17.4 Å². The molecule has 0 aliphatic rings. The van der Waals surface area contributed by atoms with E-state index < -0.39 is 0 Å². The minimum atomic E-state index is -0.276. The smallest absolute Gasteiger partial charge is 0.240 e. The molecule has 2 rings (SSSR count). The summed E-state index contributed by atoms with van der Waals surface area (Å²) in [7, 11) is 0. The minimum Gasteiger partial charge on any atom is -0.326 e. The summed E-state index contributed by atoms with van der Waals surface area (Å²) in [4.78, 5) is 18.8. The maximum Gasteiger partial charge on any atom is 0.240 e. The molecule has 0 saturated carbocycles. The molecule has 2 aromatic rings. The Bertz CT molecular complexity index is 677. The van der Waals surface area contributed by atoms with Crippen molar-refractivity contribution in [2.75, 3.05) is 11.4 Å². The van der Waals surface area contributed by atoms with Gasteiger partial charge in [0.15, 0.2) is 5.16 Å². The van der Waals surface area contributed by atoms with Crippen LogP contribution >= 0.6 is 11.8 Å². The average Bonchev–Trinajstić information content (AvgIpc) is 3.03. The molecular formula is C17H20N4OS. The molecule has 0 saturated heterocycles. The molecule has 0 spiro atoms. The maximum atomic E-state index is 12.8. The van der Waals surface area contributed by atoms with Gasteiger partial charge in [0.1, 0.15) is 0 Å². The lowest BCUT2D eigenvalue weighted by Gasteiger charge is -2.24. The number of anilines is 1. The van der Waals surface area contributed by atoms with Crippen LogP contribution in [0.1, 0.15) is 20.3 Å². The molecule has 1 amide bonds. The highest BCUT2D eigenvalue weighted by Crippen LogP contribution is 2.25. The lowest BCUT2D eigenvalue weighted by Crippen LogP contribution is -2.37. The van der Waals surface area contributed by atoms with Crippen LogP contribution in [-0.2, 0) is 11.3 Å². The minimum absolute atomic E-state index is 0.0119. The Hall–Kier alpha value is -2.26. The highest BCUT2D eigenvalue weighted by atomic mass is 32.2. The first kappa shape index (κ1) is 17.1. The summed E-state index contributed by atoms with van der Waals surface area (Å²) < 4.78 is 2.01. The molecule has 120 valence electrons. The molecule has 6 heteroatoms. The van der Waals surface area contributed by atoms with E-state index in [2.05, 4.69) is 11.1 Å². The second-order valence-corrected chi connectivity index (χ2v) is 6.30. The fraction of sp³-hybridized carbons (Fsp3) is 0.353. The van der Waals surface area contributed by atoms with E-state index >= 15 is 0 Å². The van der Waals surface area contributed by atoms with Crippen molar-refractivity contribution in [2.45, 2.75) is 37.2 Å². The van der Waals surface area contributed by atoms with Crippen molar-refractivity contribution in [2.24, 2.45) is 0 Å². The molecule has 1 aromatic heterocycles. The summed E-state index contributed by atoms with van der Waals surface area (Å²) in [5, 5.41) is 9.41. The third-order valence-corrected chi connectivity index (χ3v) is 4.53. The van der Waals surface area contributed by atoms with E-state index in [1.54, 1.807) is 11.1 Å². The number of amides is 1. The van der Waals surface area contributed by atoms with E-state index in [1.807, 2.05) is 54.9 Å². The summed E-state index contributed by atoms with van der Waals surface area (Å²) >= 11 is 1.44. The number of rotatable bonds is 7. The van der Waals surface area contributed by atoms with Crippen molar-refractivity contribution in [3.63, 3.8) is 0 Å². The number of nitriles is 1. The van der Waals surface area contributed by atoms with Crippen LogP contribution in [0.2, 0.25) is 0 Å². The van der Waals surface area contributed by atoms with Gasteiger partial charge in [-0.25, -0.2) is 4.98 Å². The number of nitrogens with zero attached hydrogens (tertiary/aromatic N) is 4. The lowest BCUT2D eigenvalue weighted by molar-refractivity contribution is -0.117. The molecule has 0 aliphatic heterocycles. The largest absolute Gasteiger partial charge is 0.326 e. The second kappa shape index (κ2) is 8.39. The lowest BCUT2D eigenvalue weighted by atomic mass is 10.2. The number of aromatic nitrogens is 2. The monoisotopic (exact) mass is 328 g/mol. The van der Waals surface area contributed by atoms with Crippen molar-refractivity contribution < 1.29 is 4.79 Å². The Balaban J connectivity index is 2.14. The van der Waals surface area contributed by atoms with Crippen LogP contribution in [0.25, 0.3) is 0 Å². The molecule has 0 N–H and O–H groups in total. The Morgan fingerprint density at radius 3 is 2.83 bits per heavy atom.